The van der Waals surface area contributed by atoms with Crippen molar-refractivity contribution in [2.24, 2.45) is 0 Å². The molecule has 2 heterocycles. The van der Waals surface area contributed by atoms with Gasteiger partial charge in [-0.2, -0.15) is 5.26 Å². The van der Waals surface area contributed by atoms with Gasteiger partial charge in [-0.05, 0) is 43.5 Å². The lowest BCUT2D eigenvalue weighted by Gasteiger charge is -2.44. The van der Waals surface area contributed by atoms with E-state index in [2.05, 4.69) is 34.1 Å². The number of piperazine rings is 1. The molecule has 0 saturated carbocycles. The van der Waals surface area contributed by atoms with Gasteiger partial charge < -0.3 is 4.74 Å². The highest BCUT2D eigenvalue weighted by atomic mass is 16.5. The predicted octanol–water partition coefficient (Wildman–Crippen LogP) is 3.04. The lowest BCUT2D eigenvalue weighted by Crippen LogP contribution is -2.54. The number of unbranched alkanes of at least 4 members (excludes halogenated alkanes) is 1. The fourth-order valence-corrected chi connectivity index (χ4v) is 3.70. The van der Waals surface area contributed by atoms with Crippen LogP contribution >= 0.6 is 0 Å². The molecule has 23 heavy (non-hydrogen) atoms. The molecule has 0 unspecified atom stereocenters. The second-order valence-electron chi connectivity index (χ2n) is 6.68. The molecule has 4 heteroatoms. The molecule has 0 aromatic heterocycles. The monoisotopic (exact) mass is 313 g/mol. The number of nitrogens with zero attached hydrogens (tertiary/aromatic N) is 3. The summed E-state index contributed by atoms with van der Waals surface area (Å²) in [5, 5.41) is 8.56. The predicted molar refractivity (Wildman–Crippen MR) is 91.3 cm³/mol. The minimum atomic E-state index is 0.561. The van der Waals surface area contributed by atoms with Gasteiger partial charge in [-0.1, -0.05) is 18.6 Å². The molecule has 0 amide bonds. The third-order valence-corrected chi connectivity index (χ3v) is 4.93. The molecule has 4 nitrogen and oxygen atoms in total. The van der Waals surface area contributed by atoms with E-state index in [0.717, 1.165) is 24.8 Å². The summed E-state index contributed by atoms with van der Waals surface area (Å²) < 4.78 is 5.75. The van der Waals surface area contributed by atoms with Gasteiger partial charge in [0.1, 0.15) is 5.75 Å². The van der Waals surface area contributed by atoms with Gasteiger partial charge in [-0.15, -0.1) is 0 Å². The van der Waals surface area contributed by atoms with Crippen molar-refractivity contribution in [3.05, 3.63) is 29.8 Å². The molecule has 0 N–H and O–H groups in total. The average molecular weight is 313 g/mol. The normalized spacial score (nSPS) is 22.3. The zero-order valence-corrected chi connectivity index (χ0v) is 13.9. The first-order chi connectivity index (χ1) is 11.3. The Balaban J connectivity index is 1.50. The van der Waals surface area contributed by atoms with Crippen molar-refractivity contribution in [1.82, 2.24) is 9.80 Å². The smallest absolute Gasteiger partial charge is 0.119 e. The molecule has 2 fully saturated rings. The van der Waals surface area contributed by atoms with Crippen LogP contribution in [0.1, 0.15) is 37.7 Å². The molecule has 1 atom stereocenters. The summed E-state index contributed by atoms with van der Waals surface area (Å²) in [7, 11) is 0. The molecule has 0 spiro atoms. The van der Waals surface area contributed by atoms with Crippen molar-refractivity contribution in [3.63, 3.8) is 0 Å². The van der Waals surface area contributed by atoms with E-state index in [-0.39, 0.29) is 0 Å². The number of ether oxygens (including phenoxy) is 1. The van der Waals surface area contributed by atoms with E-state index in [1.807, 2.05) is 6.07 Å². The van der Waals surface area contributed by atoms with Crippen LogP contribution in [-0.4, -0.2) is 48.6 Å². The van der Waals surface area contributed by atoms with Gasteiger partial charge in [0.25, 0.3) is 0 Å². The quantitative estimate of drug-likeness (QED) is 0.757. The minimum Gasteiger partial charge on any atom is -0.494 e. The zero-order valence-electron chi connectivity index (χ0n) is 13.9. The Bertz CT molecular complexity index is 540. The summed E-state index contributed by atoms with van der Waals surface area (Å²) in [6.07, 6.45) is 5.48. The van der Waals surface area contributed by atoms with Crippen molar-refractivity contribution in [2.75, 3.05) is 32.8 Å². The van der Waals surface area contributed by atoms with Crippen molar-refractivity contribution in [1.29, 1.82) is 5.26 Å². The van der Waals surface area contributed by atoms with Gasteiger partial charge in [-0.25, -0.2) is 0 Å². The molecule has 2 saturated heterocycles. The molecule has 3 rings (SSSR count). The van der Waals surface area contributed by atoms with E-state index in [9.17, 15) is 0 Å². The number of piperidine rings is 1. The molecule has 1 aromatic rings. The number of fused-ring (bicyclic) bond motifs is 1. The van der Waals surface area contributed by atoms with Crippen LogP contribution in [0.2, 0.25) is 0 Å². The summed E-state index contributed by atoms with van der Waals surface area (Å²) in [6.45, 7) is 6.52. The maximum absolute atomic E-state index is 8.56. The van der Waals surface area contributed by atoms with E-state index in [1.54, 1.807) is 0 Å². The summed E-state index contributed by atoms with van der Waals surface area (Å²) in [5.41, 5.74) is 1.33. The molecule has 0 bridgehead atoms. The Kier molecular flexibility index (Phi) is 5.90. The van der Waals surface area contributed by atoms with E-state index in [4.69, 9.17) is 10.00 Å². The first kappa shape index (κ1) is 16.3. The van der Waals surface area contributed by atoms with Crippen LogP contribution in [0.15, 0.2) is 24.3 Å². The molecule has 0 aliphatic carbocycles. The van der Waals surface area contributed by atoms with Gasteiger partial charge >= 0.3 is 0 Å². The number of hydrogen-bond donors (Lipinski definition) is 0. The number of hydrogen-bond acceptors (Lipinski definition) is 4. The molecule has 0 radical (unpaired) electrons. The Hall–Kier alpha value is -1.57. The van der Waals surface area contributed by atoms with Crippen LogP contribution in [0, 0.1) is 11.3 Å². The zero-order chi connectivity index (χ0) is 15.9. The summed E-state index contributed by atoms with van der Waals surface area (Å²) >= 11 is 0. The SMILES string of the molecule is N#CCCCOc1cccc(CN2CCN3CCCC[C@H]3C2)c1. The topological polar surface area (TPSA) is 39.5 Å². The maximum atomic E-state index is 8.56. The summed E-state index contributed by atoms with van der Waals surface area (Å²) in [4.78, 5) is 5.26. The molecule has 1 aromatic carbocycles. The largest absolute Gasteiger partial charge is 0.494 e. The number of nitriles is 1. The Morgan fingerprint density at radius 3 is 3.09 bits per heavy atom. The van der Waals surface area contributed by atoms with Gasteiger partial charge in [-0.3, -0.25) is 9.80 Å². The van der Waals surface area contributed by atoms with Crippen molar-refractivity contribution in [3.8, 4) is 11.8 Å². The summed E-state index contributed by atoms with van der Waals surface area (Å²) in [6, 6.07) is 11.3. The fraction of sp³-hybridized carbons (Fsp3) is 0.632. The van der Waals surface area contributed by atoms with Gasteiger partial charge in [0.2, 0.25) is 0 Å². The van der Waals surface area contributed by atoms with E-state index < -0.39 is 0 Å². The molecule has 2 aliphatic heterocycles. The fourth-order valence-electron chi connectivity index (χ4n) is 3.70. The third-order valence-electron chi connectivity index (χ3n) is 4.93. The Labute approximate surface area is 139 Å². The van der Waals surface area contributed by atoms with Gasteiger partial charge in [0, 0.05) is 38.6 Å². The van der Waals surface area contributed by atoms with Crippen LogP contribution < -0.4 is 4.74 Å². The minimum absolute atomic E-state index is 0.561. The van der Waals surface area contributed by atoms with Crippen molar-refractivity contribution < 1.29 is 4.74 Å². The highest BCUT2D eigenvalue weighted by Crippen LogP contribution is 2.23. The average Bonchev–Trinajstić information content (AvgIpc) is 2.59. The van der Waals surface area contributed by atoms with Crippen molar-refractivity contribution >= 4 is 0 Å². The van der Waals surface area contributed by atoms with Crippen molar-refractivity contribution in [2.45, 2.75) is 44.7 Å². The Morgan fingerprint density at radius 2 is 2.17 bits per heavy atom. The standard InChI is InChI=1S/C19H27N3O/c20-9-2-4-13-23-19-8-5-6-17(14-19)15-21-11-12-22-10-3-1-7-18(22)16-21/h5-6,8,14,18H,1-4,7,10-13,15-16H2/t18-/m0/s1. The van der Waals surface area contributed by atoms with E-state index in [1.165, 1.54) is 51.0 Å². The highest BCUT2D eigenvalue weighted by Gasteiger charge is 2.28. The highest BCUT2D eigenvalue weighted by molar-refractivity contribution is 5.28. The first-order valence-electron chi connectivity index (χ1n) is 8.90. The maximum Gasteiger partial charge on any atom is 0.119 e. The lowest BCUT2D eigenvalue weighted by molar-refractivity contribution is 0.0456. The first-order valence-corrected chi connectivity index (χ1v) is 8.90. The van der Waals surface area contributed by atoms with Crippen LogP contribution in [0.5, 0.6) is 5.75 Å². The van der Waals surface area contributed by atoms with E-state index in [0.29, 0.717) is 13.0 Å². The molecule has 124 valence electrons. The third kappa shape index (κ3) is 4.70. The summed E-state index contributed by atoms with van der Waals surface area (Å²) in [5.74, 6) is 0.928. The van der Waals surface area contributed by atoms with Gasteiger partial charge in [0.05, 0.1) is 12.7 Å². The van der Waals surface area contributed by atoms with Crippen LogP contribution in [0.3, 0.4) is 0 Å². The van der Waals surface area contributed by atoms with Crippen LogP contribution in [0.25, 0.3) is 0 Å². The molecular formula is C19H27N3O. The lowest BCUT2D eigenvalue weighted by atomic mass is 9.99. The number of rotatable bonds is 6. The second-order valence-corrected chi connectivity index (χ2v) is 6.68. The number of benzene rings is 1. The molecular weight excluding hydrogens is 286 g/mol. The van der Waals surface area contributed by atoms with Gasteiger partial charge in [0.15, 0.2) is 0 Å². The Morgan fingerprint density at radius 1 is 1.22 bits per heavy atom. The van der Waals surface area contributed by atoms with Crippen LogP contribution in [-0.2, 0) is 6.54 Å². The van der Waals surface area contributed by atoms with E-state index >= 15 is 0 Å². The van der Waals surface area contributed by atoms with Crippen LogP contribution in [0.4, 0.5) is 0 Å². The second kappa shape index (κ2) is 8.33. The molecule has 2 aliphatic rings.